The third kappa shape index (κ3) is 24.6. The van der Waals surface area contributed by atoms with Crippen molar-refractivity contribution in [2.24, 2.45) is 0 Å². The fourth-order valence-corrected chi connectivity index (χ4v) is 0.214. The zero-order valence-electron chi connectivity index (χ0n) is 6.08. The molecular weight excluding hydrogens is 222 g/mol. The first kappa shape index (κ1) is 14.9. The highest BCUT2D eigenvalue weighted by atomic mass is 35.5. The molecule has 0 nitrogen and oxygen atoms in total. The van der Waals surface area contributed by atoms with Crippen molar-refractivity contribution in [3.63, 3.8) is 0 Å². The predicted octanol–water partition coefficient (Wildman–Crippen LogP) is 4.04. The van der Waals surface area contributed by atoms with Crippen LogP contribution in [-0.2, 0) is 0 Å². The molecule has 0 aromatic rings. The largest absolute Gasteiger partial charge is 0.410 e. The van der Waals surface area contributed by atoms with Crippen LogP contribution >= 0.6 is 11.6 Å². The third-order valence-corrected chi connectivity index (χ3v) is 0.609. The Balaban J connectivity index is 0. The molecule has 78 valence electrons. The molecule has 7 heteroatoms. The highest BCUT2D eigenvalue weighted by Crippen LogP contribution is 2.15. The van der Waals surface area contributed by atoms with Gasteiger partial charge in [0, 0.05) is 17.7 Å². The van der Waals surface area contributed by atoms with Crippen LogP contribution in [0.3, 0.4) is 0 Å². The first-order valence-corrected chi connectivity index (χ1v) is 3.11. The Hall–Kier alpha value is -0.650. The van der Waals surface area contributed by atoms with E-state index in [9.17, 15) is 26.3 Å². The van der Waals surface area contributed by atoms with Crippen molar-refractivity contribution in [3.05, 3.63) is 24.3 Å². The minimum Gasteiger partial charge on any atom is -0.167 e. The quantitative estimate of drug-likeness (QED) is 0.432. The normalized spacial score (nSPS) is 12.2. The lowest BCUT2D eigenvalue weighted by molar-refractivity contribution is -0.0805. The highest BCUT2D eigenvalue weighted by Gasteiger charge is 2.21. The molecule has 0 spiro atoms. The molecule has 0 atom stereocenters. The Morgan fingerprint density at radius 1 is 0.923 bits per heavy atom. The topological polar surface area (TPSA) is 0 Å². The van der Waals surface area contributed by atoms with Gasteiger partial charge in [-0.15, -0.1) is 0 Å². The average molecular weight is 227 g/mol. The molecule has 13 heavy (non-hydrogen) atoms. The van der Waals surface area contributed by atoms with Gasteiger partial charge >= 0.3 is 12.4 Å². The predicted molar refractivity (Wildman–Crippen MR) is 37.3 cm³/mol. The molecule has 0 heterocycles. The van der Waals surface area contributed by atoms with Crippen LogP contribution in [-0.4, -0.2) is 12.4 Å². The molecule has 0 unspecified atom stereocenters. The van der Waals surface area contributed by atoms with E-state index in [1.165, 1.54) is 0 Å². The number of hydrogen-bond donors (Lipinski definition) is 0. The van der Waals surface area contributed by atoms with Gasteiger partial charge in [0.2, 0.25) is 0 Å². The molecule has 0 aliphatic heterocycles. The standard InChI is InChI=1S/C3H2ClF3.C3H3F3/c4-2-1-3(5,6)7;1-2-3(4,5)6/h1-2H;2H,1H2/b2-1+;. The van der Waals surface area contributed by atoms with Crippen LogP contribution in [0.2, 0.25) is 0 Å². The minimum atomic E-state index is -4.26. The summed E-state index contributed by atoms with van der Waals surface area (Å²) in [6.45, 7) is 2.51. The summed E-state index contributed by atoms with van der Waals surface area (Å²) in [6, 6.07) is 0. The summed E-state index contributed by atoms with van der Waals surface area (Å²) in [7, 11) is 0. The molecule has 0 N–H and O–H groups in total. The van der Waals surface area contributed by atoms with Crippen LogP contribution < -0.4 is 0 Å². The summed E-state index contributed by atoms with van der Waals surface area (Å²) < 4.78 is 64.7. The SMILES string of the molecule is C=CC(F)(F)F.FC(F)(F)/C=C/Cl. The smallest absolute Gasteiger partial charge is 0.167 e. The van der Waals surface area contributed by atoms with E-state index in [0.717, 1.165) is 0 Å². The summed E-state index contributed by atoms with van der Waals surface area (Å²) in [5.74, 6) is 0. The van der Waals surface area contributed by atoms with Gasteiger partial charge in [0.15, 0.2) is 0 Å². The van der Waals surface area contributed by atoms with Gasteiger partial charge in [-0.05, 0) is 0 Å². The number of allylic oxidation sites excluding steroid dienone is 2. The number of hydrogen-bond acceptors (Lipinski definition) is 0. The van der Waals surface area contributed by atoms with Gasteiger partial charge in [-0.25, -0.2) is 0 Å². The molecule has 0 aliphatic carbocycles. The van der Waals surface area contributed by atoms with Crippen LogP contribution in [0.1, 0.15) is 0 Å². The first-order valence-electron chi connectivity index (χ1n) is 2.67. The minimum absolute atomic E-state index is 0.0471. The molecule has 0 aromatic carbocycles. The van der Waals surface area contributed by atoms with Crippen molar-refractivity contribution < 1.29 is 26.3 Å². The van der Waals surface area contributed by atoms with Crippen molar-refractivity contribution in [3.8, 4) is 0 Å². The molecule has 0 aliphatic rings. The van der Waals surface area contributed by atoms with Crippen molar-refractivity contribution in [1.29, 1.82) is 0 Å². The van der Waals surface area contributed by atoms with Crippen molar-refractivity contribution in [2.75, 3.05) is 0 Å². The fraction of sp³-hybridized carbons (Fsp3) is 0.333. The van der Waals surface area contributed by atoms with E-state index in [0.29, 0.717) is 5.54 Å². The Morgan fingerprint density at radius 3 is 1.23 bits per heavy atom. The van der Waals surface area contributed by atoms with E-state index >= 15 is 0 Å². The highest BCUT2D eigenvalue weighted by molar-refractivity contribution is 6.25. The van der Waals surface area contributed by atoms with Gasteiger partial charge < -0.3 is 0 Å². The number of halogens is 7. The molecule has 0 saturated carbocycles. The van der Waals surface area contributed by atoms with Crippen LogP contribution in [0, 0.1) is 0 Å². The Labute approximate surface area is 75.5 Å². The lowest BCUT2D eigenvalue weighted by Crippen LogP contribution is -1.99. The lowest BCUT2D eigenvalue weighted by atomic mass is 10.6. The lowest BCUT2D eigenvalue weighted by Gasteiger charge is -1.92. The van der Waals surface area contributed by atoms with Crippen LogP contribution in [0.4, 0.5) is 26.3 Å². The van der Waals surface area contributed by atoms with Crippen molar-refractivity contribution in [1.82, 2.24) is 0 Å². The maximum absolute atomic E-state index is 10.9. The van der Waals surface area contributed by atoms with Crippen molar-refractivity contribution in [2.45, 2.75) is 12.4 Å². The molecule has 0 radical (unpaired) electrons. The van der Waals surface area contributed by atoms with Gasteiger partial charge in [0.25, 0.3) is 0 Å². The summed E-state index contributed by atoms with van der Waals surface area (Å²) >= 11 is 4.59. The van der Waals surface area contributed by atoms with E-state index in [1.807, 2.05) is 0 Å². The van der Waals surface area contributed by atoms with Crippen molar-refractivity contribution >= 4 is 11.6 Å². The van der Waals surface area contributed by atoms with Crippen LogP contribution in [0.15, 0.2) is 24.3 Å². The van der Waals surface area contributed by atoms with Gasteiger partial charge in [0.1, 0.15) is 0 Å². The Morgan fingerprint density at radius 2 is 1.23 bits per heavy atom. The maximum Gasteiger partial charge on any atom is 0.410 e. The van der Waals surface area contributed by atoms with E-state index in [2.05, 4.69) is 18.2 Å². The summed E-state index contributed by atoms with van der Waals surface area (Å²) in [4.78, 5) is 0. The van der Waals surface area contributed by atoms with E-state index in [4.69, 9.17) is 0 Å². The maximum atomic E-state index is 10.9. The zero-order valence-corrected chi connectivity index (χ0v) is 6.84. The zero-order chi connectivity index (χ0) is 11.1. The Bertz CT molecular complexity index is 165. The molecule has 0 amide bonds. The summed E-state index contributed by atoms with van der Waals surface area (Å²) in [5.41, 5.74) is 0.431. The monoisotopic (exact) mass is 226 g/mol. The van der Waals surface area contributed by atoms with Gasteiger partial charge in [-0.2, -0.15) is 26.3 Å². The number of rotatable bonds is 0. The molecule has 0 rings (SSSR count). The third-order valence-electron chi connectivity index (χ3n) is 0.483. The molecule has 0 fully saturated rings. The van der Waals surface area contributed by atoms with E-state index < -0.39 is 12.4 Å². The Kier molecular flexibility index (Phi) is 6.75. The van der Waals surface area contributed by atoms with Crippen LogP contribution in [0.5, 0.6) is 0 Å². The molecule has 0 bridgehead atoms. The van der Waals surface area contributed by atoms with Gasteiger partial charge in [0.05, 0.1) is 0 Å². The number of alkyl halides is 6. The van der Waals surface area contributed by atoms with E-state index in [1.54, 1.807) is 0 Å². The van der Waals surface area contributed by atoms with Crippen LogP contribution in [0.25, 0.3) is 0 Å². The average Bonchev–Trinajstić information content (AvgIpc) is 1.84. The van der Waals surface area contributed by atoms with E-state index in [-0.39, 0.29) is 12.2 Å². The molecular formula is C6H5ClF6. The molecule has 0 saturated heterocycles. The summed E-state index contributed by atoms with van der Waals surface area (Å²) in [6.07, 6.45) is -8.57. The first-order chi connectivity index (χ1) is 5.62. The second kappa shape index (κ2) is 5.90. The van der Waals surface area contributed by atoms with Gasteiger partial charge in [-0.3, -0.25) is 0 Å². The fourth-order valence-electron chi connectivity index (χ4n) is 0.0714. The van der Waals surface area contributed by atoms with Gasteiger partial charge in [-0.1, -0.05) is 18.2 Å². The summed E-state index contributed by atoms with van der Waals surface area (Å²) in [5, 5.41) is 0. The second-order valence-corrected chi connectivity index (χ2v) is 1.83. The molecule has 0 aromatic heterocycles. The second-order valence-electron chi connectivity index (χ2n) is 1.58.